The second kappa shape index (κ2) is 6.92. The standard InChI is InChI=1S/C15H20BrClN2O/c1-3-5-10(4-2)6-14(20)12-7-11(16)15(17)13-8-18-9-19(12)13/h7-10,14,20H,3-6H2,1-2H3. The zero-order chi connectivity index (χ0) is 14.7. The highest BCUT2D eigenvalue weighted by Gasteiger charge is 2.19. The smallest absolute Gasteiger partial charge is 0.0995 e. The van der Waals surface area contributed by atoms with Gasteiger partial charge in [-0.05, 0) is 34.3 Å². The van der Waals surface area contributed by atoms with Crippen LogP contribution in [-0.2, 0) is 0 Å². The maximum absolute atomic E-state index is 10.6. The largest absolute Gasteiger partial charge is 0.387 e. The summed E-state index contributed by atoms with van der Waals surface area (Å²) in [7, 11) is 0. The molecular formula is C15H20BrClN2O. The van der Waals surface area contributed by atoms with Gasteiger partial charge < -0.3 is 5.11 Å². The quantitative estimate of drug-likeness (QED) is 0.788. The van der Waals surface area contributed by atoms with Gasteiger partial charge in [-0.1, -0.05) is 44.7 Å². The Morgan fingerprint density at radius 1 is 1.45 bits per heavy atom. The molecule has 0 radical (unpaired) electrons. The van der Waals surface area contributed by atoms with Crippen LogP contribution in [0.5, 0.6) is 0 Å². The van der Waals surface area contributed by atoms with Gasteiger partial charge in [0, 0.05) is 4.47 Å². The number of hydrogen-bond acceptors (Lipinski definition) is 2. The van der Waals surface area contributed by atoms with Gasteiger partial charge in [0.2, 0.25) is 0 Å². The zero-order valence-corrected chi connectivity index (χ0v) is 14.2. The molecule has 2 heterocycles. The Labute approximate surface area is 133 Å². The maximum atomic E-state index is 10.6. The summed E-state index contributed by atoms with van der Waals surface area (Å²) < 4.78 is 2.67. The van der Waals surface area contributed by atoms with Crippen LogP contribution in [0.4, 0.5) is 0 Å². The van der Waals surface area contributed by atoms with Crippen molar-refractivity contribution in [2.45, 2.75) is 45.6 Å². The third kappa shape index (κ3) is 3.18. The molecule has 0 aliphatic heterocycles. The van der Waals surface area contributed by atoms with E-state index < -0.39 is 6.10 Å². The Hall–Kier alpha value is -0.580. The molecule has 0 fully saturated rings. The molecule has 0 saturated carbocycles. The van der Waals surface area contributed by atoms with E-state index in [0.717, 1.165) is 41.4 Å². The van der Waals surface area contributed by atoms with E-state index in [4.69, 9.17) is 11.6 Å². The van der Waals surface area contributed by atoms with E-state index in [1.165, 1.54) is 0 Å². The predicted molar refractivity (Wildman–Crippen MR) is 86.2 cm³/mol. The summed E-state index contributed by atoms with van der Waals surface area (Å²) in [6, 6.07) is 1.89. The SMILES string of the molecule is CCCC(CC)CC(O)c1cc(Br)c(Cl)c2cncn12. The topological polar surface area (TPSA) is 37.5 Å². The molecule has 0 aliphatic carbocycles. The van der Waals surface area contributed by atoms with Crippen molar-refractivity contribution in [3.63, 3.8) is 0 Å². The van der Waals surface area contributed by atoms with E-state index in [-0.39, 0.29) is 0 Å². The Bertz CT molecular complexity index is 585. The first-order chi connectivity index (χ1) is 9.58. The third-order valence-corrected chi connectivity index (χ3v) is 5.05. The number of rotatable bonds is 6. The average molecular weight is 360 g/mol. The van der Waals surface area contributed by atoms with Gasteiger partial charge in [-0.25, -0.2) is 4.98 Å². The average Bonchev–Trinajstić information content (AvgIpc) is 2.91. The fourth-order valence-corrected chi connectivity index (χ4v) is 3.27. The number of aromatic nitrogens is 2. The second-order valence-corrected chi connectivity index (χ2v) is 6.43. The van der Waals surface area contributed by atoms with Crippen LogP contribution >= 0.6 is 27.5 Å². The maximum Gasteiger partial charge on any atom is 0.0995 e. The van der Waals surface area contributed by atoms with Crippen molar-refractivity contribution in [3.8, 4) is 0 Å². The van der Waals surface area contributed by atoms with Crippen molar-refractivity contribution in [3.05, 3.63) is 33.8 Å². The van der Waals surface area contributed by atoms with Gasteiger partial charge in [0.1, 0.15) is 0 Å². The lowest BCUT2D eigenvalue weighted by atomic mass is 9.93. The van der Waals surface area contributed by atoms with E-state index in [1.807, 2.05) is 10.5 Å². The van der Waals surface area contributed by atoms with Crippen LogP contribution in [0.3, 0.4) is 0 Å². The monoisotopic (exact) mass is 358 g/mol. The van der Waals surface area contributed by atoms with Crippen LogP contribution in [0.15, 0.2) is 23.1 Å². The van der Waals surface area contributed by atoms with Gasteiger partial charge in [0.15, 0.2) is 0 Å². The van der Waals surface area contributed by atoms with Gasteiger partial charge in [0.05, 0.1) is 34.9 Å². The summed E-state index contributed by atoms with van der Waals surface area (Å²) in [5.41, 5.74) is 1.65. The number of imidazole rings is 1. The van der Waals surface area contributed by atoms with Crippen molar-refractivity contribution in [2.75, 3.05) is 0 Å². The fraction of sp³-hybridized carbons (Fsp3) is 0.533. The van der Waals surface area contributed by atoms with Crippen molar-refractivity contribution in [1.82, 2.24) is 9.38 Å². The molecule has 3 nitrogen and oxygen atoms in total. The number of hydrogen-bond donors (Lipinski definition) is 1. The molecule has 2 atom stereocenters. The minimum Gasteiger partial charge on any atom is -0.387 e. The van der Waals surface area contributed by atoms with Gasteiger partial charge >= 0.3 is 0 Å². The number of aliphatic hydroxyl groups excluding tert-OH is 1. The fourth-order valence-electron chi connectivity index (χ4n) is 2.64. The summed E-state index contributed by atoms with van der Waals surface area (Å²) in [6.45, 7) is 4.36. The zero-order valence-electron chi connectivity index (χ0n) is 11.8. The van der Waals surface area contributed by atoms with E-state index in [9.17, 15) is 5.11 Å². The van der Waals surface area contributed by atoms with Crippen LogP contribution in [0.2, 0.25) is 5.02 Å². The number of nitrogens with zero attached hydrogens (tertiary/aromatic N) is 2. The van der Waals surface area contributed by atoms with Crippen LogP contribution in [-0.4, -0.2) is 14.5 Å². The molecule has 0 bridgehead atoms. The number of pyridine rings is 1. The molecule has 0 aromatic carbocycles. The lowest BCUT2D eigenvalue weighted by Crippen LogP contribution is -2.10. The van der Waals surface area contributed by atoms with Crippen molar-refractivity contribution in [2.24, 2.45) is 5.92 Å². The number of halogens is 2. The summed E-state index contributed by atoms with van der Waals surface area (Å²) >= 11 is 9.69. The minimum atomic E-state index is -0.503. The molecular weight excluding hydrogens is 340 g/mol. The van der Waals surface area contributed by atoms with Gasteiger partial charge in [-0.3, -0.25) is 4.40 Å². The molecule has 0 saturated heterocycles. The Morgan fingerprint density at radius 2 is 2.20 bits per heavy atom. The summed E-state index contributed by atoms with van der Waals surface area (Å²) in [6.07, 6.45) is 7.07. The number of fused-ring (bicyclic) bond motifs is 1. The Balaban J connectivity index is 2.32. The van der Waals surface area contributed by atoms with Gasteiger partial charge in [-0.2, -0.15) is 0 Å². The second-order valence-electron chi connectivity index (χ2n) is 5.19. The van der Waals surface area contributed by atoms with Crippen LogP contribution < -0.4 is 0 Å². The molecule has 20 heavy (non-hydrogen) atoms. The van der Waals surface area contributed by atoms with E-state index >= 15 is 0 Å². The lowest BCUT2D eigenvalue weighted by Gasteiger charge is -2.20. The highest BCUT2D eigenvalue weighted by atomic mass is 79.9. The normalized spacial score (nSPS) is 14.7. The van der Waals surface area contributed by atoms with Crippen molar-refractivity contribution < 1.29 is 5.11 Å². The van der Waals surface area contributed by atoms with Crippen molar-refractivity contribution in [1.29, 1.82) is 0 Å². The van der Waals surface area contributed by atoms with Crippen LogP contribution in [0, 0.1) is 5.92 Å². The Morgan fingerprint density at radius 3 is 2.85 bits per heavy atom. The molecule has 2 rings (SSSR count). The van der Waals surface area contributed by atoms with Gasteiger partial charge in [0.25, 0.3) is 0 Å². The van der Waals surface area contributed by atoms with Gasteiger partial charge in [-0.15, -0.1) is 0 Å². The molecule has 110 valence electrons. The van der Waals surface area contributed by atoms with E-state index in [2.05, 4.69) is 34.8 Å². The molecule has 1 N–H and O–H groups in total. The lowest BCUT2D eigenvalue weighted by molar-refractivity contribution is 0.134. The predicted octanol–water partition coefficient (Wildman–Crippen LogP) is 5.00. The summed E-state index contributed by atoms with van der Waals surface area (Å²) in [5, 5.41) is 11.2. The van der Waals surface area contributed by atoms with Crippen LogP contribution in [0.25, 0.3) is 5.52 Å². The molecule has 2 aromatic rings. The summed E-state index contributed by atoms with van der Waals surface area (Å²) in [4.78, 5) is 4.13. The molecule has 0 aliphatic rings. The first-order valence-electron chi connectivity index (χ1n) is 7.06. The highest BCUT2D eigenvalue weighted by Crippen LogP contribution is 2.33. The first kappa shape index (κ1) is 15.8. The number of aliphatic hydroxyl groups is 1. The molecule has 0 spiro atoms. The molecule has 2 aromatic heterocycles. The molecule has 2 unspecified atom stereocenters. The summed E-state index contributed by atoms with van der Waals surface area (Å²) in [5.74, 6) is 0.544. The molecule has 0 amide bonds. The third-order valence-electron chi connectivity index (χ3n) is 3.80. The minimum absolute atomic E-state index is 0.503. The van der Waals surface area contributed by atoms with E-state index in [0.29, 0.717) is 10.9 Å². The highest BCUT2D eigenvalue weighted by molar-refractivity contribution is 9.10. The van der Waals surface area contributed by atoms with Crippen LogP contribution in [0.1, 0.15) is 51.3 Å². The molecule has 5 heteroatoms. The van der Waals surface area contributed by atoms with E-state index in [1.54, 1.807) is 12.5 Å². The Kier molecular flexibility index (Phi) is 5.47. The first-order valence-corrected chi connectivity index (χ1v) is 8.23. The van der Waals surface area contributed by atoms with Crippen molar-refractivity contribution >= 4 is 33.0 Å².